The van der Waals surface area contributed by atoms with E-state index in [4.69, 9.17) is 28.4 Å². The Morgan fingerprint density at radius 2 is 0.535 bits per heavy atom. The number of aryl methyl sites for hydroxylation is 6. The Labute approximate surface area is 773 Å². The lowest BCUT2D eigenvalue weighted by atomic mass is 9.97. The molecule has 0 spiro atoms. The third-order valence-electron chi connectivity index (χ3n) is 25.5. The molecule has 129 heavy (non-hydrogen) atoms. The normalized spacial score (nSPS) is 20.5. The van der Waals surface area contributed by atoms with Gasteiger partial charge in [-0.3, -0.25) is 0 Å². The lowest BCUT2D eigenvalue weighted by Crippen LogP contribution is -2.43. The second-order valence-electron chi connectivity index (χ2n) is 34.1. The summed E-state index contributed by atoms with van der Waals surface area (Å²) in [5, 5.41) is 0. The minimum absolute atomic E-state index is 0.213. The van der Waals surface area contributed by atoms with Crippen LogP contribution in [0.1, 0.15) is 162 Å². The molecule has 22 heteroatoms. The van der Waals surface area contributed by atoms with E-state index in [0.29, 0.717) is 23.0 Å². The summed E-state index contributed by atoms with van der Waals surface area (Å²) in [6.07, 6.45) is 26.1. The van der Waals surface area contributed by atoms with Gasteiger partial charge in [-0.05, 0) is 332 Å². The van der Waals surface area contributed by atoms with Crippen LogP contribution in [0.5, 0.6) is 34.5 Å². The fourth-order valence-electron chi connectivity index (χ4n) is 18.3. The van der Waals surface area contributed by atoms with Gasteiger partial charge in [0.25, 0.3) is 0 Å². The minimum atomic E-state index is -2.60. The maximum Gasteiger partial charge on any atom is 0.123 e. The topological polar surface area (TPSA) is 157 Å². The predicted molar refractivity (Wildman–Crippen MR) is 539 cm³/mol. The average molecular weight is 1850 g/mol. The number of rotatable bonds is 31. The lowest BCUT2D eigenvalue weighted by molar-refractivity contribution is 0.250. The van der Waals surface area contributed by atoms with Gasteiger partial charge in [0.2, 0.25) is 0 Å². The van der Waals surface area contributed by atoms with E-state index in [0.717, 1.165) is 222 Å². The van der Waals surface area contributed by atoms with Crippen LogP contribution >= 0.6 is 0 Å². The smallest absolute Gasteiger partial charge is 0.123 e. The molecule has 15 rings (SSSR count). The van der Waals surface area contributed by atoms with Crippen molar-refractivity contribution in [2.24, 2.45) is 0 Å². The first-order valence-electron chi connectivity index (χ1n) is 45.7. The van der Waals surface area contributed by atoms with Gasteiger partial charge in [0.1, 0.15) is 40.3 Å². The molecule has 5 heterocycles. The molecule has 0 aromatic heterocycles. The summed E-state index contributed by atoms with van der Waals surface area (Å²) in [5.41, 5.74) is 7.39. The third kappa shape index (κ3) is 28.2. The number of benzene rings is 10. The second-order valence-corrected chi connectivity index (χ2v) is 45.2. The minimum Gasteiger partial charge on any atom is -0.497 e. The van der Waals surface area contributed by atoms with Gasteiger partial charge in [-0.2, -0.15) is 0 Å². The van der Waals surface area contributed by atoms with E-state index in [1.54, 1.807) is 54.8 Å². The number of para-hydroxylation sites is 1. The van der Waals surface area contributed by atoms with Crippen molar-refractivity contribution in [2.75, 3.05) is 75.4 Å². The third-order valence-corrected chi connectivity index (χ3v) is 36.8. The molecule has 5 aliphatic rings. The molecular formula is C107H138FN5O11S5. The summed E-state index contributed by atoms with van der Waals surface area (Å²) in [4.78, 5) is 3.89. The summed E-state index contributed by atoms with van der Waals surface area (Å²) in [5.74, 6) is 25.5. The molecule has 0 radical (unpaired) electrons. The molecule has 10 unspecified atom stereocenters. The molecule has 10 aromatic carbocycles. The van der Waals surface area contributed by atoms with Crippen molar-refractivity contribution in [3.05, 3.63) is 294 Å². The molecule has 0 bridgehead atoms. The molecule has 0 amide bonds. The second kappa shape index (κ2) is 49.4. The van der Waals surface area contributed by atoms with Crippen LogP contribution in [0.25, 0.3) is 0 Å². The van der Waals surface area contributed by atoms with Crippen molar-refractivity contribution in [1.29, 1.82) is 0 Å². The van der Waals surface area contributed by atoms with Crippen LogP contribution in [-0.4, -0.2) is 178 Å². The number of nitrogens with zero attached hydrogens (tertiary/aromatic N) is 5. The molecule has 0 aliphatic carbocycles. The van der Waals surface area contributed by atoms with Crippen LogP contribution in [0, 0.1) is 12.7 Å². The zero-order valence-electron chi connectivity index (χ0n) is 77.0. The molecule has 5 aliphatic heterocycles. The summed E-state index contributed by atoms with van der Waals surface area (Å²) < 4.78 is 123. The Morgan fingerprint density at radius 3 is 0.822 bits per heavy atom. The van der Waals surface area contributed by atoms with Gasteiger partial charge in [-0.25, -0.2) is 47.0 Å². The molecule has 10 aromatic rings. The highest BCUT2D eigenvalue weighted by molar-refractivity contribution is 7.99. The first-order chi connectivity index (χ1) is 62.3. The zero-order chi connectivity index (χ0) is 91.8. The summed E-state index contributed by atoms with van der Waals surface area (Å²) in [7, 11) is -2.29. The maximum absolute atomic E-state index is 13.6. The van der Waals surface area contributed by atoms with Crippen molar-refractivity contribution in [1.82, 2.24) is 21.5 Å². The maximum atomic E-state index is 13.6. The van der Waals surface area contributed by atoms with E-state index < -0.39 is 48.5 Å². The number of hydrogen-bond acceptors (Lipinski definition) is 11. The van der Waals surface area contributed by atoms with Gasteiger partial charge in [0.15, 0.2) is 0 Å². The highest BCUT2D eigenvalue weighted by Crippen LogP contribution is 2.36. The lowest BCUT2D eigenvalue weighted by Gasteiger charge is -2.38. The van der Waals surface area contributed by atoms with E-state index in [2.05, 4.69) is 101 Å². The Bertz CT molecular complexity index is 5580. The quantitative estimate of drug-likeness (QED) is 0.0381. The summed E-state index contributed by atoms with van der Waals surface area (Å²) in [6.45, 7) is 6.22. The Kier molecular flexibility index (Phi) is 38.4. The van der Waals surface area contributed by atoms with Gasteiger partial charge in [-0.15, -0.1) is 0 Å². The van der Waals surface area contributed by atoms with Crippen LogP contribution in [0.3, 0.4) is 0 Å². The molecule has 0 N–H and O–H groups in total. The van der Waals surface area contributed by atoms with Gasteiger partial charge in [-0.1, -0.05) is 153 Å². The van der Waals surface area contributed by atoms with Gasteiger partial charge in [0, 0.05) is 87.4 Å². The molecule has 10 atom stereocenters. The van der Waals surface area contributed by atoms with Crippen molar-refractivity contribution in [3.8, 4) is 34.5 Å². The van der Waals surface area contributed by atoms with Crippen molar-refractivity contribution >= 4 is 77.9 Å². The largest absolute Gasteiger partial charge is 0.497 e. The Balaban J connectivity index is 0.000000156. The summed E-state index contributed by atoms with van der Waals surface area (Å²) >= 11 is 0. The Hall–Kier alpha value is -9.17. The molecule has 16 nitrogen and oxygen atoms in total. The number of methoxy groups -OCH3 is 6. The number of piperidine rings is 5. The highest BCUT2D eigenvalue weighted by atomic mass is 32.2. The number of ether oxygens (including phenoxy) is 6. The number of hydrogen-bond donors (Lipinski definition) is 0. The first-order valence-corrected chi connectivity index (χ1v) is 54.1. The highest BCUT2D eigenvalue weighted by Gasteiger charge is 2.35. The SMILES string of the molecule is C=S(=O)(c1ccc(C)cc1)N1CCCCC1CCc1cccc(OC)c1.C=S(=O)(c1ccc(F)cc1)N1CCCCC1CCc1cccc(OC)c1.C=S(=O)(c1ccc(OC)cc1)N1CCCCC1CCc1cccc(OC)c1.C=S(=O)(c1ccccc1)N1CCCCC1CCc1cccc(OC)c1.C=S(=O)(c1ccccc1)N1CCCCC1CCc1ccccc1OC. The standard InChI is InChI=1S/C22H29NO3S.C22H29NO2S.C21H26FNO2S.2C21H27NO2S/c1-25-20-12-14-22(15-13-20)27(3,24)23-16-5-4-8-19(23)11-10-18-7-6-9-21(17-18)26-2;1-18-10-14-22(15-11-18)26(3,24)23-16-5-4-8-20(23)13-12-19-7-6-9-21(17-19)25-2;1-25-20-8-5-6-17(16-20)9-12-19-7-3-4-15-23(19)26(2,24)21-13-10-18(22)11-14-21;1-24-20-11-8-9-18(17-20)14-15-19-10-6-7-16-22(19)25(2,23)21-12-4-3-5-13-21;1-24-21-14-7-6-10-18(21)15-16-19-11-8-9-17-22(19)25(2,23)20-12-4-3-5-13-20/h6-7,9,12-15,17,19H,3-5,8,10-11,16H2,1-2H3;6-7,9-11,14-15,17,20H,3-5,8,12-13,16H2,1-2H3;5-6,8,10-11,13-14,16,19H,2-4,7,9,12,15H2,1H3;3-5,8-9,11-13,17,19H,2,6-7,10,14-16H2,1H3;3-7,10,12-14,19H,2,8-9,11,15-17H2,1H3. The van der Waals surface area contributed by atoms with Crippen LogP contribution in [0.2, 0.25) is 0 Å². The summed E-state index contributed by atoms with van der Waals surface area (Å²) in [6, 6.07) is 83.0. The van der Waals surface area contributed by atoms with Crippen molar-refractivity contribution < 1.29 is 53.9 Å². The fraction of sp³-hybridized carbons (Fsp3) is 0.393. The molecule has 5 fully saturated rings. The fourth-order valence-corrected chi connectivity index (χ4v) is 28.0. The van der Waals surface area contributed by atoms with Crippen LogP contribution in [-0.2, 0) is 80.6 Å². The van der Waals surface area contributed by atoms with Gasteiger partial charge in [0.05, 0.1) is 91.2 Å². The van der Waals surface area contributed by atoms with Crippen molar-refractivity contribution in [2.45, 2.75) is 222 Å². The Morgan fingerprint density at radius 1 is 0.279 bits per heavy atom. The predicted octanol–water partition coefficient (Wildman–Crippen LogP) is 21.3. The molecule has 5 saturated heterocycles. The zero-order valence-corrected chi connectivity index (χ0v) is 81.1. The molecular weight excluding hydrogens is 1710 g/mol. The van der Waals surface area contributed by atoms with Crippen LogP contribution in [0.15, 0.2) is 279 Å². The van der Waals surface area contributed by atoms with Crippen molar-refractivity contribution in [3.63, 3.8) is 0 Å². The van der Waals surface area contributed by atoms with E-state index in [1.165, 1.54) is 71.2 Å². The monoisotopic (exact) mass is 1850 g/mol. The van der Waals surface area contributed by atoms with Gasteiger partial charge >= 0.3 is 0 Å². The molecule has 0 saturated carbocycles. The number of halogens is 1. The first kappa shape index (κ1) is 100. The van der Waals surface area contributed by atoms with Gasteiger partial charge < -0.3 is 28.4 Å². The van der Waals surface area contributed by atoms with E-state index in [1.807, 2.05) is 187 Å². The molecule has 694 valence electrons. The van der Waals surface area contributed by atoms with Crippen LogP contribution in [0.4, 0.5) is 4.39 Å². The average Bonchev–Trinajstić information content (AvgIpc) is 0.808. The van der Waals surface area contributed by atoms with E-state index in [9.17, 15) is 25.4 Å². The van der Waals surface area contributed by atoms with E-state index >= 15 is 0 Å². The van der Waals surface area contributed by atoms with E-state index in [-0.39, 0.29) is 17.9 Å². The van der Waals surface area contributed by atoms with Crippen LogP contribution < -0.4 is 28.4 Å².